The molecule has 17 heavy (non-hydrogen) atoms. The minimum atomic E-state index is 0. The summed E-state index contributed by atoms with van der Waals surface area (Å²) in [6, 6.07) is 1.14. The lowest BCUT2D eigenvalue weighted by Gasteiger charge is -2.33. The van der Waals surface area contributed by atoms with E-state index in [1.54, 1.807) is 0 Å². The van der Waals surface area contributed by atoms with Crippen LogP contribution in [0.15, 0.2) is 0 Å². The Morgan fingerprint density at radius 1 is 1.41 bits per heavy atom. The zero-order chi connectivity index (χ0) is 11.0. The van der Waals surface area contributed by atoms with Gasteiger partial charge in [0.2, 0.25) is 0 Å². The Labute approximate surface area is 107 Å². The molecule has 2 heterocycles. The highest BCUT2D eigenvalue weighted by atomic mass is 35.5. The number of nitrogens with zero attached hydrogens (tertiary/aromatic N) is 5. The number of aromatic nitrogens is 4. The van der Waals surface area contributed by atoms with E-state index in [0.29, 0.717) is 12.1 Å². The third kappa shape index (κ3) is 2.75. The van der Waals surface area contributed by atoms with Crippen molar-refractivity contribution in [2.45, 2.75) is 38.4 Å². The van der Waals surface area contributed by atoms with Gasteiger partial charge in [-0.25, -0.2) is 4.68 Å². The fourth-order valence-electron chi connectivity index (χ4n) is 2.22. The van der Waals surface area contributed by atoms with E-state index in [0.717, 1.165) is 32.0 Å². The van der Waals surface area contributed by atoms with E-state index < -0.39 is 0 Å². The first-order valence-electron chi connectivity index (χ1n) is 6.06. The summed E-state index contributed by atoms with van der Waals surface area (Å²) in [7, 11) is 0. The molecular formula is C10H19ClN6. The molecule has 3 rings (SSSR count). The van der Waals surface area contributed by atoms with E-state index in [1.807, 2.05) is 4.68 Å². The summed E-state index contributed by atoms with van der Waals surface area (Å²) in [5.74, 6) is 1.02. The summed E-state index contributed by atoms with van der Waals surface area (Å²) in [6.45, 7) is 6.34. The van der Waals surface area contributed by atoms with Crippen LogP contribution in [0, 0.1) is 0 Å². The van der Waals surface area contributed by atoms with Crippen LogP contribution >= 0.6 is 12.4 Å². The van der Waals surface area contributed by atoms with E-state index in [2.05, 4.69) is 32.7 Å². The monoisotopic (exact) mass is 258 g/mol. The second kappa shape index (κ2) is 5.29. The fourth-order valence-corrected chi connectivity index (χ4v) is 2.22. The van der Waals surface area contributed by atoms with Crippen LogP contribution in [0.3, 0.4) is 0 Å². The lowest BCUT2D eigenvalue weighted by Crippen LogP contribution is -2.49. The van der Waals surface area contributed by atoms with Crippen molar-refractivity contribution in [1.82, 2.24) is 30.4 Å². The Morgan fingerprint density at radius 3 is 2.94 bits per heavy atom. The molecule has 6 nitrogen and oxygen atoms in total. The number of tetrazole rings is 1. The zero-order valence-corrected chi connectivity index (χ0v) is 10.9. The minimum Gasteiger partial charge on any atom is -0.314 e. The van der Waals surface area contributed by atoms with Crippen molar-refractivity contribution in [1.29, 1.82) is 0 Å². The standard InChI is InChI=1S/C10H18N6.ClH/c1-8-6-11-4-5-15(8)7-10-12-13-14-16(10)9-2-3-9;/h8-9,11H,2-7H2,1H3;1H. The van der Waals surface area contributed by atoms with Gasteiger partial charge in [0.25, 0.3) is 0 Å². The molecule has 0 bridgehead atoms. The van der Waals surface area contributed by atoms with Crippen LogP contribution < -0.4 is 5.32 Å². The van der Waals surface area contributed by atoms with E-state index in [1.165, 1.54) is 12.8 Å². The second-order valence-corrected chi connectivity index (χ2v) is 4.79. The molecule has 1 aliphatic heterocycles. The van der Waals surface area contributed by atoms with Gasteiger partial charge in [-0.2, -0.15) is 0 Å². The molecule has 1 N–H and O–H groups in total. The molecule has 1 saturated heterocycles. The van der Waals surface area contributed by atoms with Gasteiger partial charge >= 0.3 is 0 Å². The molecule has 1 saturated carbocycles. The lowest BCUT2D eigenvalue weighted by atomic mass is 10.2. The minimum absolute atomic E-state index is 0. The molecule has 0 spiro atoms. The number of hydrogen-bond acceptors (Lipinski definition) is 5. The first-order chi connectivity index (χ1) is 7.84. The molecule has 0 amide bonds. The summed E-state index contributed by atoms with van der Waals surface area (Å²) in [4.78, 5) is 2.45. The molecule has 1 aliphatic carbocycles. The molecule has 0 aromatic carbocycles. The van der Waals surface area contributed by atoms with E-state index in [-0.39, 0.29) is 12.4 Å². The summed E-state index contributed by atoms with van der Waals surface area (Å²) >= 11 is 0. The molecule has 1 unspecified atom stereocenters. The van der Waals surface area contributed by atoms with Crippen molar-refractivity contribution in [3.8, 4) is 0 Å². The zero-order valence-electron chi connectivity index (χ0n) is 10.0. The van der Waals surface area contributed by atoms with E-state index in [4.69, 9.17) is 0 Å². The highest BCUT2D eigenvalue weighted by Gasteiger charge is 2.29. The first kappa shape index (κ1) is 12.7. The average Bonchev–Trinajstić information content (AvgIpc) is 3.03. The Balaban J connectivity index is 0.00000108. The maximum absolute atomic E-state index is 4.15. The number of rotatable bonds is 3. The highest BCUT2D eigenvalue weighted by molar-refractivity contribution is 5.85. The Bertz CT molecular complexity index is 363. The normalized spacial score (nSPS) is 25.6. The molecule has 2 fully saturated rings. The second-order valence-electron chi connectivity index (χ2n) is 4.79. The van der Waals surface area contributed by atoms with Crippen molar-refractivity contribution < 1.29 is 0 Å². The largest absolute Gasteiger partial charge is 0.314 e. The maximum Gasteiger partial charge on any atom is 0.165 e. The topological polar surface area (TPSA) is 58.9 Å². The van der Waals surface area contributed by atoms with Crippen molar-refractivity contribution in [2.24, 2.45) is 0 Å². The number of halogens is 1. The Hall–Kier alpha value is -0.720. The van der Waals surface area contributed by atoms with Crippen LogP contribution in [-0.4, -0.2) is 50.8 Å². The van der Waals surface area contributed by atoms with Crippen molar-refractivity contribution in [3.05, 3.63) is 5.82 Å². The number of hydrogen-bond donors (Lipinski definition) is 1. The van der Waals surface area contributed by atoms with Crippen LogP contribution in [-0.2, 0) is 6.54 Å². The van der Waals surface area contributed by atoms with Gasteiger partial charge in [-0.1, -0.05) is 0 Å². The van der Waals surface area contributed by atoms with Gasteiger partial charge in [0.05, 0.1) is 12.6 Å². The predicted molar refractivity (Wildman–Crippen MR) is 66.1 cm³/mol. The third-order valence-corrected chi connectivity index (χ3v) is 3.44. The van der Waals surface area contributed by atoms with Gasteiger partial charge in [0.15, 0.2) is 5.82 Å². The average molecular weight is 259 g/mol. The van der Waals surface area contributed by atoms with E-state index in [9.17, 15) is 0 Å². The van der Waals surface area contributed by atoms with Gasteiger partial charge in [-0.05, 0) is 30.2 Å². The van der Waals surface area contributed by atoms with Crippen molar-refractivity contribution >= 4 is 12.4 Å². The number of piperazine rings is 1. The van der Waals surface area contributed by atoms with Gasteiger partial charge in [0.1, 0.15) is 0 Å². The first-order valence-corrected chi connectivity index (χ1v) is 6.06. The van der Waals surface area contributed by atoms with Gasteiger partial charge in [-0.15, -0.1) is 17.5 Å². The van der Waals surface area contributed by atoms with Gasteiger partial charge in [-0.3, -0.25) is 4.90 Å². The van der Waals surface area contributed by atoms with Gasteiger partial charge < -0.3 is 5.32 Å². The summed E-state index contributed by atoms with van der Waals surface area (Å²) < 4.78 is 2.01. The summed E-state index contributed by atoms with van der Waals surface area (Å²) in [5, 5.41) is 15.4. The number of nitrogens with one attached hydrogen (secondary N) is 1. The molecule has 96 valence electrons. The third-order valence-electron chi connectivity index (χ3n) is 3.44. The molecule has 7 heteroatoms. The molecule has 1 aromatic heterocycles. The summed E-state index contributed by atoms with van der Waals surface area (Å²) in [6.07, 6.45) is 2.46. The van der Waals surface area contributed by atoms with Crippen LogP contribution in [0.1, 0.15) is 31.6 Å². The van der Waals surface area contributed by atoms with Crippen LogP contribution in [0.2, 0.25) is 0 Å². The van der Waals surface area contributed by atoms with Crippen molar-refractivity contribution in [2.75, 3.05) is 19.6 Å². The SMILES string of the molecule is CC1CNCCN1Cc1nnnn1C1CC1.Cl. The quantitative estimate of drug-likeness (QED) is 0.841. The maximum atomic E-state index is 4.15. The Kier molecular flexibility index (Phi) is 3.96. The highest BCUT2D eigenvalue weighted by Crippen LogP contribution is 2.34. The van der Waals surface area contributed by atoms with Gasteiger partial charge in [0, 0.05) is 25.7 Å². The molecule has 2 aliphatic rings. The fraction of sp³-hybridized carbons (Fsp3) is 0.900. The molecule has 1 atom stereocenters. The lowest BCUT2D eigenvalue weighted by molar-refractivity contribution is 0.159. The summed E-state index contributed by atoms with van der Waals surface area (Å²) in [5.41, 5.74) is 0. The van der Waals surface area contributed by atoms with Crippen LogP contribution in [0.4, 0.5) is 0 Å². The van der Waals surface area contributed by atoms with E-state index >= 15 is 0 Å². The Morgan fingerprint density at radius 2 is 2.24 bits per heavy atom. The van der Waals surface area contributed by atoms with Crippen molar-refractivity contribution in [3.63, 3.8) is 0 Å². The molecular weight excluding hydrogens is 240 g/mol. The van der Waals surface area contributed by atoms with Crippen LogP contribution in [0.25, 0.3) is 0 Å². The van der Waals surface area contributed by atoms with Crippen LogP contribution in [0.5, 0.6) is 0 Å². The predicted octanol–water partition coefficient (Wildman–Crippen LogP) is 0.223. The smallest absolute Gasteiger partial charge is 0.165 e. The molecule has 1 aromatic rings. The molecule has 0 radical (unpaired) electrons.